The number of para-hydroxylation sites is 2. The molecule has 0 fully saturated rings. The molecule has 0 atom stereocenters. The van der Waals surface area contributed by atoms with E-state index in [1.165, 1.54) is 18.2 Å². The van der Waals surface area contributed by atoms with Crippen LogP contribution in [0.15, 0.2) is 70.9 Å². The van der Waals surface area contributed by atoms with Crippen LogP contribution in [-0.2, 0) is 0 Å². The molecule has 0 radical (unpaired) electrons. The van der Waals surface area contributed by atoms with E-state index in [1.807, 2.05) is 0 Å². The van der Waals surface area contributed by atoms with Crippen molar-refractivity contribution in [3.63, 3.8) is 0 Å². The van der Waals surface area contributed by atoms with Crippen molar-refractivity contribution >= 4 is 28.4 Å². The summed E-state index contributed by atoms with van der Waals surface area (Å²) in [5.74, 6) is -2.26. The van der Waals surface area contributed by atoms with Crippen LogP contribution in [0.5, 0.6) is 17.6 Å². The predicted molar refractivity (Wildman–Crippen MR) is 113 cm³/mol. The smallest absolute Gasteiger partial charge is 0.364 e. The summed E-state index contributed by atoms with van der Waals surface area (Å²) in [6, 6.07) is 14.7. The number of anilines is 1. The lowest BCUT2D eigenvalue weighted by molar-refractivity contribution is 0.0994. The fraction of sp³-hybridized carbons (Fsp3) is 0. The Balaban J connectivity index is 1.71. The zero-order chi connectivity index (χ0) is 22.8. The Bertz CT molecular complexity index is 1440. The van der Waals surface area contributed by atoms with Crippen LogP contribution in [0, 0.1) is 5.41 Å². The maximum atomic E-state index is 12.7. The number of urea groups is 1. The first-order valence-corrected chi connectivity index (χ1v) is 9.21. The van der Waals surface area contributed by atoms with E-state index in [2.05, 4.69) is 20.5 Å². The van der Waals surface area contributed by atoms with E-state index in [0.29, 0.717) is 5.69 Å². The summed E-state index contributed by atoms with van der Waals surface area (Å²) in [5, 5.41) is 47.9. The van der Waals surface area contributed by atoms with Gasteiger partial charge in [0.15, 0.2) is 11.8 Å². The molecule has 0 unspecified atom stereocenters. The number of nitrogens with zero attached hydrogens (tertiary/aromatic N) is 3. The van der Waals surface area contributed by atoms with Gasteiger partial charge in [0, 0.05) is 11.8 Å². The average molecular weight is 432 g/mol. The van der Waals surface area contributed by atoms with Crippen molar-refractivity contribution < 1.29 is 24.9 Å². The van der Waals surface area contributed by atoms with Crippen molar-refractivity contribution in [2.45, 2.75) is 0 Å². The number of rotatable bonds is 3. The zero-order valence-electron chi connectivity index (χ0n) is 16.3. The molecule has 0 spiro atoms. The second kappa shape index (κ2) is 8.07. The minimum Gasteiger partial charge on any atom is -0.494 e. The highest BCUT2D eigenvalue weighted by Gasteiger charge is 2.20. The Morgan fingerprint density at radius 3 is 2.38 bits per heavy atom. The number of hydrogen-bond acceptors (Lipinski definition) is 6. The van der Waals surface area contributed by atoms with Crippen LogP contribution >= 0.6 is 0 Å². The molecule has 160 valence electrons. The number of carbonyl (C=O) groups excluding carboxylic acids is 2. The summed E-state index contributed by atoms with van der Waals surface area (Å²) in [6.07, 6.45) is 0. The first-order valence-electron chi connectivity index (χ1n) is 9.21. The molecule has 6 N–H and O–H groups in total. The topological polar surface area (TPSA) is 176 Å². The third-order valence-electron chi connectivity index (χ3n) is 4.59. The Hall–Kier alpha value is -4.93. The van der Waals surface area contributed by atoms with E-state index >= 15 is 0 Å². The third-order valence-corrected chi connectivity index (χ3v) is 4.59. The van der Waals surface area contributed by atoms with Crippen LogP contribution < -0.4 is 10.8 Å². The van der Waals surface area contributed by atoms with Crippen molar-refractivity contribution in [3.05, 3.63) is 71.7 Å². The second-order valence-corrected chi connectivity index (χ2v) is 6.62. The second-order valence-electron chi connectivity index (χ2n) is 6.62. The number of hydrogen-bond donors (Lipinski definition) is 6. The van der Waals surface area contributed by atoms with Crippen LogP contribution in [0.3, 0.4) is 0 Å². The van der Waals surface area contributed by atoms with E-state index in [1.54, 1.807) is 36.4 Å². The number of aromatic amines is 1. The highest BCUT2D eigenvalue weighted by atomic mass is 16.3. The van der Waals surface area contributed by atoms with Crippen molar-refractivity contribution in [1.29, 1.82) is 5.41 Å². The van der Waals surface area contributed by atoms with E-state index < -0.39 is 35.1 Å². The largest absolute Gasteiger partial charge is 0.494 e. The first-order chi connectivity index (χ1) is 15.4. The lowest BCUT2D eigenvalue weighted by atomic mass is 10.1. The molecular formula is C21H16N6O5. The van der Waals surface area contributed by atoms with Gasteiger partial charge in [-0.2, -0.15) is 0 Å². The van der Waals surface area contributed by atoms with E-state index in [-0.39, 0.29) is 22.0 Å². The molecule has 32 heavy (non-hydrogen) atoms. The van der Waals surface area contributed by atoms with Gasteiger partial charge in [-0.1, -0.05) is 35.4 Å². The Morgan fingerprint density at radius 2 is 1.62 bits per heavy atom. The quantitative estimate of drug-likeness (QED) is 0.271. The van der Waals surface area contributed by atoms with Gasteiger partial charge in [-0.15, -0.1) is 5.11 Å². The molecule has 2 heterocycles. The fourth-order valence-electron chi connectivity index (χ4n) is 3.20. The maximum absolute atomic E-state index is 12.7. The standard InChI is InChI=1S/C21H16N6O5/c22-17-16-13(18(29)24-20(16)31)10-15(28)27(17)14-9-5-4-8-12(14)19(30)25-26-21(32)23-11-6-2-1-3-7-11/h1-10,22,24,28-29,31H,(H,23,32). The molecule has 4 aromatic rings. The molecule has 0 bridgehead atoms. The van der Waals surface area contributed by atoms with Crippen molar-refractivity contribution in [1.82, 2.24) is 9.55 Å². The van der Waals surface area contributed by atoms with Gasteiger partial charge in [0.2, 0.25) is 5.88 Å². The Morgan fingerprint density at radius 1 is 0.938 bits per heavy atom. The number of azo groups is 1. The molecule has 11 nitrogen and oxygen atoms in total. The molecule has 11 heteroatoms. The third kappa shape index (κ3) is 3.65. The SMILES string of the molecule is N=c1c2c(O)[nH]c(O)c2cc(O)n1-c1ccccc1C(=O)N=NC(=O)Nc1ccccc1. The molecular weight excluding hydrogens is 416 g/mol. The normalized spacial score (nSPS) is 11.1. The molecule has 0 saturated carbocycles. The molecule has 2 aromatic carbocycles. The monoisotopic (exact) mass is 432 g/mol. The summed E-state index contributed by atoms with van der Waals surface area (Å²) in [7, 11) is 0. The molecule has 0 aliphatic carbocycles. The minimum absolute atomic E-state index is 0.0299. The molecule has 0 aliphatic rings. The van der Waals surface area contributed by atoms with Gasteiger partial charge >= 0.3 is 6.03 Å². The number of fused-ring (bicyclic) bond motifs is 1. The van der Waals surface area contributed by atoms with Crippen LogP contribution in [0.2, 0.25) is 0 Å². The Kier molecular flexibility index (Phi) is 5.13. The van der Waals surface area contributed by atoms with Crippen LogP contribution in [0.4, 0.5) is 10.5 Å². The summed E-state index contributed by atoms with van der Waals surface area (Å²) < 4.78 is 0.988. The zero-order valence-corrected chi connectivity index (χ0v) is 16.3. The van der Waals surface area contributed by atoms with Crippen LogP contribution in [0.1, 0.15) is 10.4 Å². The van der Waals surface area contributed by atoms with E-state index in [4.69, 9.17) is 5.41 Å². The number of nitrogens with one attached hydrogen (secondary N) is 3. The minimum atomic E-state index is -0.892. The summed E-state index contributed by atoms with van der Waals surface area (Å²) >= 11 is 0. The number of amides is 3. The molecule has 0 saturated heterocycles. The molecule has 4 rings (SSSR count). The number of aromatic nitrogens is 2. The van der Waals surface area contributed by atoms with Gasteiger partial charge in [-0.3, -0.25) is 19.8 Å². The van der Waals surface area contributed by atoms with Crippen LogP contribution in [0.25, 0.3) is 16.5 Å². The van der Waals surface area contributed by atoms with E-state index in [9.17, 15) is 24.9 Å². The van der Waals surface area contributed by atoms with Crippen molar-refractivity contribution in [2.75, 3.05) is 5.32 Å². The number of benzene rings is 2. The average Bonchev–Trinajstić information content (AvgIpc) is 3.06. The number of pyridine rings is 1. The molecule has 2 aromatic heterocycles. The molecule has 3 amide bonds. The predicted octanol–water partition coefficient (Wildman–Crippen LogP) is 3.38. The number of aromatic hydroxyl groups is 3. The van der Waals surface area contributed by atoms with Gasteiger partial charge < -0.3 is 20.6 Å². The van der Waals surface area contributed by atoms with Crippen molar-refractivity contribution in [2.24, 2.45) is 10.2 Å². The lowest BCUT2D eigenvalue weighted by Gasteiger charge is -2.13. The van der Waals surface area contributed by atoms with Crippen molar-refractivity contribution in [3.8, 4) is 23.3 Å². The summed E-state index contributed by atoms with van der Waals surface area (Å²) in [4.78, 5) is 26.9. The van der Waals surface area contributed by atoms with Gasteiger partial charge in [0.25, 0.3) is 5.91 Å². The number of carbonyl (C=O) groups is 2. The van der Waals surface area contributed by atoms with Gasteiger partial charge in [-0.25, -0.2) is 4.79 Å². The first kappa shape index (κ1) is 20.3. The van der Waals surface area contributed by atoms with E-state index in [0.717, 1.165) is 10.6 Å². The summed E-state index contributed by atoms with van der Waals surface area (Å²) in [5.41, 5.74) is 0.0834. The van der Waals surface area contributed by atoms with Gasteiger partial charge in [0.1, 0.15) is 5.49 Å². The van der Waals surface area contributed by atoms with Crippen LogP contribution in [-0.4, -0.2) is 36.8 Å². The van der Waals surface area contributed by atoms with Gasteiger partial charge in [0.05, 0.1) is 22.0 Å². The Labute approximate surface area is 179 Å². The highest BCUT2D eigenvalue weighted by Crippen LogP contribution is 2.32. The van der Waals surface area contributed by atoms with Gasteiger partial charge in [-0.05, 0) is 24.3 Å². The fourth-order valence-corrected chi connectivity index (χ4v) is 3.20. The highest BCUT2D eigenvalue weighted by molar-refractivity contribution is 6.00. The molecule has 0 aliphatic heterocycles. The maximum Gasteiger partial charge on any atom is 0.364 e. The lowest BCUT2D eigenvalue weighted by Crippen LogP contribution is -2.20. The number of H-pyrrole nitrogens is 1. The summed E-state index contributed by atoms with van der Waals surface area (Å²) in [6.45, 7) is 0.